The molecule has 9 aromatic carbocycles. The summed E-state index contributed by atoms with van der Waals surface area (Å²) < 4.78 is 15.4. The second kappa shape index (κ2) is 11.5. The van der Waals surface area contributed by atoms with Crippen LogP contribution < -0.4 is 15.9 Å². The zero-order chi connectivity index (χ0) is 32.1. The van der Waals surface area contributed by atoms with Crippen molar-refractivity contribution < 1.29 is 4.57 Å². The van der Waals surface area contributed by atoms with Gasteiger partial charge in [-0.2, -0.15) is 0 Å². The Morgan fingerprint density at radius 1 is 0.292 bits per heavy atom. The van der Waals surface area contributed by atoms with Crippen LogP contribution in [-0.2, 0) is 4.57 Å². The number of hydrogen-bond acceptors (Lipinski definition) is 1. The third kappa shape index (κ3) is 4.43. The van der Waals surface area contributed by atoms with Crippen LogP contribution in [0.25, 0.3) is 65.3 Å². The maximum atomic E-state index is 15.4. The van der Waals surface area contributed by atoms with Gasteiger partial charge in [-0.1, -0.05) is 176 Å². The largest absolute Gasteiger partial charge is 0.309 e. The zero-order valence-corrected chi connectivity index (χ0v) is 27.1. The van der Waals surface area contributed by atoms with E-state index in [4.69, 9.17) is 0 Å². The van der Waals surface area contributed by atoms with Gasteiger partial charge in [0.05, 0.1) is 0 Å². The van der Waals surface area contributed by atoms with Gasteiger partial charge in [0.2, 0.25) is 0 Å². The number of fused-ring (bicyclic) bond motifs is 4. The summed E-state index contributed by atoms with van der Waals surface area (Å²) in [5.74, 6) is 0. The number of rotatable bonds is 5. The van der Waals surface area contributed by atoms with Crippen molar-refractivity contribution in [1.82, 2.24) is 0 Å². The SMILES string of the molecule is O=P(c1ccccc1)(c1ccccc1)c1cccc(-c2c3ccccc3c(-c3c4ccccc4cc4ccccc34)c3ccccc23)c1. The Morgan fingerprint density at radius 3 is 1.17 bits per heavy atom. The van der Waals surface area contributed by atoms with E-state index in [-0.39, 0.29) is 0 Å². The summed E-state index contributed by atoms with van der Waals surface area (Å²) in [6.45, 7) is 0. The molecular formula is C46H31OP. The van der Waals surface area contributed by atoms with Gasteiger partial charge in [0.25, 0.3) is 0 Å². The smallest absolute Gasteiger partial charge is 0.171 e. The first-order valence-electron chi connectivity index (χ1n) is 16.4. The third-order valence-electron chi connectivity index (χ3n) is 9.69. The van der Waals surface area contributed by atoms with E-state index in [0.717, 1.165) is 27.0 Å². The van der Waals surface area contributed by atoms with E-state index < -0.39 is 7.14 Å². The molecule has 0 radical (unpaired) electrons. The van der Waals surface area contributed by atoms with Crippen molar-refractivity contribution in [2.75, 3.05) is 0 Å². The van der Waals surface area contributed by atoms with Crippen LogP contribution >= 0.6 is 7.14 Å². The lowest BCUT2D eigenvalue weighted by molar-refractivity contribution is 0.592. The first-order valence-corrected chi connectivity index (χ1v) is 18.1. The van der Waals surface area contributed by atoms with Crippen LogP contribution in [0.3, 0.4) is 0 Å². The highest BCUT2D eigenvalue weighted by molar-refractivity contribution is 7.85. The Balaban J connectivity index is 1.38. The lowest BCUT2D eigenvalue weighted by Crippen LogP contribution is -2.25. The molecule has 0 fully saturated rings. The van der Waals surface area contributed by atoms with Gasteiger partial charge in [0.15, 0.2) is 7.14 Å². The minimum Gasteiger partial charge on any atom is -0.309 e. The third-order valence-corrected chi connectivity index (χ3v) is 12.7. The summed E-state index contributed by atoms with van der Waals surface area (Å²) in [5.41, 5.74) is 4.72. The molecule has 1 nitrogen and oxygen atoms in total. The Hall–Kier alpha value is -5.75. The van der Waals surface area contributed by atoms with Crippen LogP contribution in [0.2, 0.25) is 0 Å². The average Bonchev–Trinajstić information content (AvgIpc) is 3.16. The summed E-state index contributed by atoms with van der Waals surface area (Å²) in [6, 6.07) is 65.6. The van der Waals surface area contributed by atoms with Crippen molar-refractivity contribution >= 4 is 66.1 Å². The molecule has 0 bridgehead atoms. The molecule has 48 heavy (non-hydrogen) atoms. The van der Waals surface area contributed by atoms with Crippen molar-refractivity contribution in [2.45, 2.75) is 0 Å². The highest BCUT2D eigenvalue weighted by Crippen LogP contribution is 2.48. The first kappa shape index (κ1) is 28.5. The molecule has 9 aromatic rings. The van der Waals surface area contributed by atoms with Crippen LogP contribution in [0.5, 0.6) is 0 Å². The summed E-state index contributed by atoms with van der Waals surface area (Å²) in [6.07, 6.45) is 0. The number of benzene rings is 9. The molecule has 0 atom stereocenters. The second-order valence-electron chi connectivity index (χ2n) is 12.4. The lowest BCUT2D eigenvalue weighted by Gasteiger charge is -2.22. The highest BCUT2D eigenvalue weighted by Gasteiger charge is 2.30. The van der Waals surface area contributed by atoms with Gasteiger partial charge in [0, 0.05) is 15.9 Å². The van der Waals surface area contributed by atoms with E-state index in [1.807, 2.05) is 66.7 Å². The second-order valence-corrected chi connectivity index (χ2v) is 15.1. The Kier molecular flexibility index (Phi) is 6.82. The van der Waals surface area contributed by atoms with Crippen molar-refractivity contribution in [3.05, 3.63) is 188 Å². The summed E-state index contributed by atoms with van der Waals surface area (Å²) >= 11 is 0. The Labute approximate surface area is 280 Å². The van der Waals surface area contributed by atoms with Gasteiger partial charge in [0.1, 0.15) is 0 Å². The maximum absolute atomic E-state index is 15.4. The van der Waals surface area contributed by atoms with E-state index >= 15 is 4.57 Å². The predicted molar refractivity (Wildman–Crippen MR) is 207 cm³/mol. The minimum atomic E-state index is -3.16. The van der Waals surface area contributed by atoms with Crippen LogP contribution in [0, 0.1) is 0 Å². The van der Waals surface area contributed by atoms with Gasteiger partial charge in [-0.3, -0.25) is 0 Å². The van der Waals surface area contributed by atoms with Gasteiger partial charge < -0.3 is 4.57 Å². The molecule has 0 aliphatic carbocycles. The fourth-order valence-electron chi connectivity index (χ4n) is 7.57. The van der Waals surface area contributed by atoms with Crippen LogP contribution in [0.15, 0.2) is 188 Å². The van der Waals surface area contributed by atoms with Gasteiger partial charge in [-0.15, -0.1) is 0 Å². The molecule has 0 spiro atoms. The van der Waals surface area contributed by atoms with Gasteiger partial charge in [-0.05, 0) is 77.5 Å². The van der Waals surface area contributed by atoms with Crippen molar-refractivity contribution in [3.63, 3.8) is 0 Å². The topological polar surface area (TPSA) is 17.1 Å². The predicted octanol–water partition coefficient (Wildman–Crippen LogP) is 11.3. The van der Waals surface area contributed by atoms with Gasteiger partial charge in [-0.25, -0.2) is 0 Å². The number of hydrogen-bond donors (Lipinski definition) is 0. The van der Waals surface area contributed by atoms with Crippen molar-refractivity contribution in [2.24, 2.45) is 0 Å². The van der Waals surface area contributed by atoms with E-state index in [0.29, 0.717) is 0 Å². The molecule has 0 aromatic heterocycles. The lowest BCUT2D eigenvalue weighted by atomic mass is 9.83. The van der Waals surface area contributed by atoms with Crippen LogP contribution in [-0.4, -0.2) is 0 Å². The molecule has 0 saturated carbocycles. The molecule has 9 rings (SSSR count). The molecule has 2 heteroatoms. The standard InChI is InChI=1S/C46H31OP/c47-48(35-19-3-1-4-20-35,36-21-5-2-6-22-36)37-23-15-18-34(31-37)44-40-26-11-13-28-42(40)46(43-29-14-12-27-41(43)44)45-38-24-9-7-16-32(38)30-33-17-8-10-25-39(33)45/h1-31H. The summed E-state index contributed by atoms with van der Waals surface area (Å²) in [7, 11) is -3.16. The Morgan fingerprint density at radius 2 is 0.667 bits per heavy atom. The highest BCUT2D eigenvalue weighted by atomic mass is 31.2. The zero-order valence-electron chi connectivity index (χ0n) is 26.3. The van der Waals surface area contributed by atoms with Crippen LogP contribution in [0.4, 0.5) is 0 Å². The van der Waals surface area contributed by atoms with E-state index in [9.17, 15) is 0 Å². The molecule has 0 unspecified atom stereocenters. The molecule has 0 N–H and O–H groups in total. The molecule has 0 aliphatic heterocycles. The first-order chi connectivity index (χ1) is 23.7. The molecular weight excluding hydrogens is 599 g/mol. The molecule has 0 saturated heterocycles. The average molecular weight is 631 g/mol. The van der Waals surface area contributed by atoms with Crippen molar-refractivity contribution in [1.29, 1.82) is 0 Å². The molecule has 0 amide bonds. The van der Waals surface area contributed by atoms with Crippen LogP contribution in [0.1, 0.15) is 0 Å². The minimum absolute atomic E-state index is 0.828. The van der Waals surface area contributed by atoms with E-state index in [1.165, 1.54) is 54.2 Å². The van der Waals surface area contributed by atoms with E-state index in [1.54, 1.807) is 0 Å². The van der Waals surface area contributed by atoms with E-state index in [2.05, 4.69) is 121 Å². The fraction of sp³-hybridized carbons (Fsp3) is 0. The Bertz CT molecular complexity index is 2540. The fourth-order valence-corrected chi connectivity index (χ4v) is 10.3. The molecule has 0 aliphatic rings. The maximum Gasteiger partial charge on any atom is 0.171 e. The quantitative estimate of drug-likeness (QED) is 0.137. The summed E-state index contributed by atoms with van der Waals surface area (Å²) in [5, 5.41) is 12.2. The molecule has 226 valence electrons. The van der Waals surface area contributed by atoms with Gasteiger partial charge >= 0.3 is 0 Å². The normalized spacial score (nSPS) is 11.8. The summed E-state index contributed by atoms with van der Waals surface area (Å²) in [4.78, 5) is 0. The molecule has 0 heterocycles. The van der Waals surface area contributed by atoms with Crippen molar-refractivity contribution in [3.8, 4) is 22.3 Å². The monoisotopic (exact) mass is 630 g/mol.